The first-order valence-corrected chi connectivity index (χ1v) is 7.45. The number of nitrogens with zero attached hydrogens (tertiary/aromatic N) is 1. The van der Waals surface area contributed by atoms with Gasteiger partial charge in [-0.1, -0.05) is 0 Å². The van der Waals surface area contributed by atoms with Gasteiger partial charge in [0.15, 0.2) is 5.78 Å². The van der Waals surface area contributed by atoms with Crippen molar-refractivity contribution in [3.05, 3.63) is 0 Å². The van der Waals surface area contributed by atoms with Gasteiger partial charge in [-0.15, -0.1) is 0 Å². The lowest BCUT2D eigenvalue weighted by molar-refractivity contribution is -0.146. The van der Waals surface area contributed by atoms with Crippen LogP contribution in [0.1, 0.15) is 47.0 Å². The maximum Gasteiger partial charge on any atom is 0.411 e. The zero-order chi connectivity index (χ0) is 15.8. The minimum Gasteiger partial charge on any atom is -0.466 e. The number of ether oxygens (including phenoxy) is 2. The van der Waals surface area contributed by atoms with E-state index in [1.165, 1.54) is 4.90 Å². The fourth-order valence-corrected chi connectivity index (χ4v) is 3.16. The number of carbonyl (C=O) groups excluding carboxylic acids is 3. The molecule has 2 heterocycles. The summed E-state index contributed by atoms with van der Waals surface area (Å²) in [6, 6.07) is -0.675. The Bertz CT molecular complexity index is 453. The van der Waals surface area contributed by atoms with E-state index < -0.39 is 23.7 Å². The molecule has 0 aromatic rings. The number of hydrogen-bond donors (Lipinski definition) is 0. The van der Waals surface area contributed by atoms with Crippen molar-refractivity contribution in [2.24, 2.45) is 5.92 Å². The Labute approximate surface area is 124 Å². The predicted molar refractivity (Wildman–Crippen MR) is 74.6 cm³/mol. The summed E-state index contributed by atoms with van der Waals surface area (Å²) in [6.07, 6.45) is 0.976. The van der Waals surface area contributed by atoms with Crippen LogP contribution >= 0.6 is 0 Å². The molecule has 0 radical (unpaired) electrons. The molecule has 3 atom stereocenters. The van der Waals surface area contributed by atoms with Gasteiger partial charge in [-0.3, -0.25) is 14.5 Å². The van der Waals surface area contributed by atoms with E-state index in [4.69, 9.17) is 9.47 Å². The van der Waals surface area contributed by atoms with Crippen LogP contribution in [0.15, 0.2) is 0 Å². The van der Waals surface area contributed by atoms with Crippen molar-refractivity contribution >= 4 is 17.8 Å². The van der Waals surface area contributed by atoms with E-state index in [0.717, 1.165) is 6.42 Å². The molecule has 6 nitrogen and oxygen atoms in total. The largest absolute Gasteiger partial charge is 0.466 e. The molecule has 0 N–H and O–H groups in total. The third-order valence-electron chi connectivity index (χ3n) is 3.88. The second kappa shape index (κ2) is 5.66. The number of rotatable bonds is 3. The minimum atomic E-state index is -0.598. The number of ketones is 1. The zero-order valence-electron chi connectivity index (χ0n) is 13.0. The standard InChI is InChI=1S/C15H23NO5/c1-5-20-12(17)8-9-10-6-7-11(13(9)18)16(10)14(19)21-15(2,3)4/h9-11H,5-8H2,1-4H3/t9-,10+,11-/m0/s1. The lowest BCUT2D eigenvalue weighted by atomic mass is 9.86. The molecule has 0 saturated carbocycles. The molecule has 2 bridgehead atoms. The van der Waals surface area contributed by atoms with Gasteiger partial charge in [0.1, 0.15) is 5.60 Å². The van der Waals surface area contributed by atoms with Gasteiger partial charge in [0.2, 0.25) is 0 Å². The first-order valence-electron chi connectivity index (χ1n) is 7.45. The number of esters is 1. The van der Waals surface area contributed by atoms with Crippen LogP contribution in [-0.2, 0) is 19.1 Å². The fraction of sp³-hybridized carbons (Fsp3) is 0.800. The lowest BCUT2D eigenvalue weighted by Gasteiger charge is -2.27. The van der Waals surface area contributed by atoms with Crippen molar-refractivity contribution in [1.82, 2.24) is 4.90 Å². The number of carbonyl (C=O) groups is 3. The van der Waals surface area contributed by atoms with Crippen molar-refractivity contribution < 1.29 is 23.9 Å². The quantitative estimate of drug-likeness (QED) is 0.744. The Hall–Kier alpha value is -1.59. The summed E-state index contributed by atoms with van der Waals surface area (Å²) in [5.41, 5.74) is -0.598. The highest BCUT2D eigenvalue weighted by Gasteiger charge is 2.56. The van der Waals surface area contributed by atoms with Crippen LogP contribution in [0.4, 0.5) is 4.79 Å². The molecule has 2 rings (SSSR count). The van der Waals surface area contributed by atoms with Crippen LogP contribution in [0.3, 0.4) is 0 Å². The highest BCUT2D eigenvalue weighted by molar-refractivity contribution is 5.96. The molecular formula is C15H23NO5. The molecule has 2 aliphatic rings. The average Bonchev–Trinajstić information content (AvgIpc) is 2.86. The molecule has 0 aromatic carbocycles. The van der Waals surface area contributed by atoms with Gasteiger partial charge >= 0.3 is 12.1 Å². The minimum absolute atomic E-state index is 0.0369. The Balaban J connectivity index is 2.08. The molecule has 0 spiro atoms. The van der Waals surface area contributed by atoms with Crippen molar-refractivity contribution in [2.45, 2.75) is 64.6 Å². The Morgan fingerprint density at radius 3 is 2.52 bits per heavy atom. The van der Waals surface area contributed by atoms with Crippen LogP contribution in [0.25, 0.3) is 0 Å². The summed E-state index contributed by atoms with van der Waals surface area (Å²) in [4.78, 5) is 37.7. The third kappa shape index (κ3) is 3.19. The van der Waals surface area contributed by atoms with E-state index in [-0.39, 0.29) is 24.2 Å². The van der Waals surface area contributed by atoms with E-state index in [1.807, 2.05) is 0 Å². The Morgan fingerprint density at radius 2 is 1.95 bits per heavy atom. The molecule has 0 unspecified atom stereocenters. The van der Waals surface area contributed by atoms with Gasteiger partial charge in [0, 0.05) is 6.04 Å². The Morgan fingerprint density at radius 1 is 1.29 bits per heavy atom. The predicted octanol–water partition coefficient (Wildman–Crippen LogP) is 1.91. The monoisotopic (exact) mass is 297 g/mol. The Kier molecular flexibility index (Phi) is 4.25. The van der Waals surface area contributed by atoms with E-state index >= 15 is 0 Å². The molecule has 2 saturated heterocycles. The molecule has 0 aromatic heterocycles. The van der Waals surface area contributed by atoms with Crippen molar-refractivity contribution in [1.29, 1.82) is 0 Å². The summed E-state index contributed by atoms with van der Waals surface area (Å²) < 4.78 is 10.3. The molecule has 118 valence electrons. The second-order valence-electron chi connectivity index (χ2n) is 6.57. The SMILES string of the molecule is CCOC(=O)C[C@@H]1C(=O)[C@@H]2CC[C@H]1N2C(=O)OC(C)(C)C. The topological polar surface area (TPSA) is 72.9 Å². The highest BCUT2D eigenvalue weighted by atomic mass is 16.6. The van der Waals surface area contributed by atoms with E-state index in [9.17, 15) is 14.4 Å². The molecular weight excluding hydrogens is 274 g/mol. The molecule has 1 amide bonds. The second-order valence-corrected chi connectivity index (χ2v) is 6.57. The fourth-order valence-electron chi connectivity index (χ4n) is 3.16. The summed E-state index contributed by atoms with van der Waals surface area (Å²) in [5.74, 6) is -0.868. The van der Waals surface area contributed by atoms with Gasteiger partial charge in [0.05, 0.1) is 25.0 Å². The number of hydrogen-bond acceptors (Lipinski definition) is 5. The van der Waals surface area contributed by atoms with Crippen molar-refractivity contribution in [2.75, 3.05) is 6.61 Å². The van der Waals surface area contributed by atoms with Crippen LogP contribution in [-0.4, -0.2) is 47.0 Å². The number of fused-ring (bicyclic) bond motifs is 2. The molecule has 2 fully saturated rings. The molecule has 2 aliphatic heterocycles. The lowest BCUT2D eigenvalue weighted by Crippen LogP contribution is -2.41. The van der Waals surface area contributed by atoms with Crippen molar-refractivity contribution in [3.63, 3.8) is 0 Å². The average molecular weight is 297 g/mol. The van der Waals surface area contributed by atoms with Crippen LogP contribution in [0.2, 0.25) is 0 Å². The zero-order valence-corrected chi connectivity index (χ0v) is 13.0. The van der Waals surface area contributed by atoms with E-state index in [0.29, 0.717) is 13.0 Å². The van der Waals surface area contributed by atoms with Gasteiger partial charge in [-0.05, 0) is 40.5 Å². The number of amides is 1. The third-order valence-corrected chi connectivity index (χ3v) is 3.88. The summed E-state index contributed by atoms with van der Waals surface area (Å²) >= 11 is 0. The normalized spacial score (nSPS) is 27.9. The van der Waals surface area contributed by atoms with Crippen molar-refractivity contribution in [3.8, 4) is 0 Å². The van der Waals surface area contributed by atoms with Crippen LogP contribution < -0.4 is 0 Å². The molecule has 0 aliphatic carbocycles. The van der Waals surface area contributed by atoms with Gasteiger partial charge in [-0.25, -0.2) is 4.79 Å². The smallest absolute Gasteiger partial charge is 0.411 e. The van der Waals surface area contributed by atoms with Gasteiger partial charge in [0.25, 0.3) is 0 Å². The van der Waals surface area contributed by atoms with E-state index in [1.54, 1.807) is 27.7 Å². The van der Waals surface area contributed by atoms with Gasteiger partial charge < -0.3 is 9.47 Å². The summed E-state index contributed by atoms with van der Waals surface area (Å²) in [5, 5.41) is 0. The maximum atomic E-state index is 12.3. The summed E-state index contributed by atoms with van der Waals surface area (Å²) in [7, 11) is 0. The van der Waals surface area contributed by atoms with E-state index in [2.05, 4.69) is 0 Å². The number of Topliss-reactive ketones (excluding diaryl/α,β-unsaturated/α-hetero) is 1. The first-order chi connectivity index (χ1) is 9.74. The highest BCUT2D eigenvalue weighted by Crippen LogP contribution is 2.41. The molecule has 21 heavy (non-hydrogen) atoms. The maximum absolute atomic E-state index is 12.3. The summed E-state index contributed by atoms with van der Waals surface area (Å²) in [6.45, 7) is 7.40. The van der Waals surface area contributed by atoms with Crippen LogP contribution in [0.5, 0.6) is 0 Å². The molecule has 6 heteroatoms. The first kappa shape index (κ1) is 15.8. The van der Waals surface area contributed by atoms with Crippen LogP contribution in [0, 0.1) is 5.92 Å². The van der Waals surface area contributed by atoms with Gasteiger partial charge in [-0.2, -0.15) is 0 Å².